The number of nitrogens with one attached hydrogen (secondary N) is 2. The number of hydrogen-bond acceptors (Lipinski definition) is 5. The van der Waals surface area contributed by atoms with E-state index < -0.39 is 10.1 Å². The van der Waals surface area contributed by atoms with E-state index in [0.29, 0.717) is 12.4 Å². The molecular formula is C16H17ClN2O5S. The van der Waals surface area contributed by atoms with E-state index in [1.807, 2.05) is 0 Å². The highest BCUT2D eigenvalue weighted by molar-refractivity contribution is 7.87. The summed E-state index contributed by atoms with van der Waals surface area (Å²) in [5, 5.41) is 14.4. The molecule has 134 valence electrons. The van der Waals surface area contributed by atoms with E-state index in [-0.39, 0.29) is 29.0 Å². The highest BCUT2D eigenvalue weighted by atomic mass is 35.5. The Morgan fingerprint density at radius 3 is 2.28 bits per heavy atom. The summed E-state index contributed by atoms with van der Waals surface area (Å²) < 4.78 is 29.4. The van der Waals surface area contributed by atoms with Crippen molar-refractivity contribution < 1.29 is 22.5 Å². The minimum Gasteiger partial charge on any atom is -0.508 e. The quantitative estimate of drug-likeness (QED) is 0.501. The van der Waals surface area contributed by atoms with E-state index in [4.69, 9.17) is 15.8 Å². The molecule has 0 aliphatic heterocycles. The fourth-order valence-electron chi connectivity index (χ4n) is 1.86. The molecular weight excluding hydrogens is 368 g/mol. The molecule has 0 aliphatic rings. The second-order valence-electron chi connectivity index (χ2n) is 4.97. The van der Waals surface area contributed by atoms with E-state index in [1.54, 1.807) is 12.1 Å². The Labute approximate surface area is 150 Å². The Hall–Kier alpha value is -2.45. The van der Waals surface area contributed by atoms with Gasteiger partial charge in [-0.15, -0.1) is 11.6 Å². The summed E-state index contributed by atoms with van der Waals surface area (Å²) in [6, 6.07) is 10.9. The van der Waals surface area contributed by atoms with Crippen LogP contribution in [0, 0.1) is 0 Å². The number of phenols is 1. The van der Waals surface area contributed by atoms with Gasteiger partial charge in [0.2, 0.25) is 0 Å². The number of rotatable bonds is 7. The summed E-state index contributed by atoms with van der Waals surface area (Å²) in [4.78, 5) is 11.4. The monoisotopic (exact) mass is 384 g/mol. The van der Waals surface area contributed by atoms with Crippen molar-refractivity contribution in [2.45, 2.75) is 11.4 Å². The number of aromatic hydroxyl groups is 1. The summed E-state index contributed by atoms with van der Waals surface area (Å²) in [6.45, 7) is 0.604. The number of amides is 2. The molecule has 25 heavy (non-hydrogen) atoms. The topological polar surface area (TPSA) is 105 Å². The summed E-state index contributed by atoms with van der Waals surface area (Å²) in [6.07, 6.45) is 0. The fraction of sp³-hybridized carbons (Fsp3) is 0.188. The SMILES string of the molecule is O=C(NCCCl)NCc1ccc(S(=O)(=O)Oc2ccc(O)cc2)cc1. The summed E-state index contributed by atoms with van der Waals surface area (Å²) >= 11 is 5.46. The van der Waals surface area contributed by atoms with Gasteiger partial charge in [-0.2, -0.15) is 8.42 Å². The van der Waals surface area contributed by atoms with Crippen LogP contribution < -0.4 is 14.8 Å². The molecule has 2 aromatic rings. The van der Waals surface area contributed by atoms with Crippen LogP contribution in [0.5, 0.6) is 11.5 Å². The van der Waals surface area contributed by atoms with Crippen LogP contribution in [0.2, 0.25) is 0 Å². The molecule has 0 saturated heterocycles. The Morgan fingerprint density at radius 2 is 1.68 bits per heavy atom. The second-order valence-corrected chi connectivity index (χ2v) is 6.90. The van der Waals surface area contributed by atoms with Gasteiger partial charge in [0, 0.05) is 19.0 Å². The lowest BCUT2D eigenvalue weighted by Crippen LogP contribution is -2.36. The van der Waals surface area contributed by atoms with Crippen molar-refractivity contribution >= 4 is 27.8 Å². The van der Waals surface area contributed by atoms with Gasteiger partial charge in [0.05, 0.1) is 0 Å². The van der Waals surface area contributed by atoms with E-state index in [9.17, 15) is 18.3 Å². The third-order valence-corrected chi connectivity index (χ3v) is 4.54. The standard InChI is InChI=1S/C16H17ClN2O5S/c17-9-10-18-16(21)19-11-12-1-7-15(8-2-12)25(22,23)24-14-5-3-13(20)4-6-14/h1-8,20H,9-11H2,(H2,18,19,21). The van der Waals surface area contributed by atoms with Crippen LogP contribution in [0.15, 0.2) is 53.4 Å². The first-order valence-electron chi connectivity index (χ1n) is 7.31. The molecule has 0 atom stereocenters. The molecule has 0 unspecified atom stereocenters. The van der Waals surface area contributed by atoms with Crippen LogP contribution >= 0.6 is 11.6 Å². The molecule has 0 heterocycles. The normalized spacial score (nSPS) is 10.9. The van der Waals surface area contributed by atoms with E-state index in [0.717, 1.165) is 5.56 Å². The van der Waals surface area contributed by atoms with Crippen LogP contribution in [0.4, 0.5) is 4.79 Å². The fourth-order valence-corrected chi connectivity index (χ4v) is 2.88. The van der Waals surface area contributed by atoms with E-state index in [1.165, 1.54) is 36.4 Å². The van der Waals surface area contributed by atoms with Crippen LogP contribution in [0.1, 0.15) is 5.56 Å². The zero-order valence-corrected chi connectivity index (χ0v) is 14.7. The van der Waals surface area contributed by atoms with Gasteiger partial charge in [-0.25, -0.2) is 4.79 Å². The number of alkyl halides is 1. The average molecular weight is 385 g/mol. The number of phenolic OH excluding ortho intramolecular Hbond substituents is 1. The number of halogens is 1. The number of hydrogen-bond donors (Lipinski definition) is 3. The number of carbonyl (C=O) groups excluding carboxylic acids is 1. The van der Waals surface area contributed by atoms with Gasteiger partial charge in [0.15, 0.2) is 0 Å². The maximum Gasteiger partial charge on any atom is 0.339 e. The highest BCUT2D eigenvalue weighted by Gasteiger charge is 2.16. The van der Waals surface area contributed by atoms with Crippen LogP contribution in [0.25, 0.3) is 0 Å². The van der Waals surface area contributed by atoms with Crippen molar-refractivity contribution in [1.82, 2.24) is 10.6 Å². The Balaban J connectivity index is 1.98. The van der Waals surface area contributed by atoms with E-state index in [2.05, 4.69) is 10.6 Å². The molecule has 0 aliphatic carbocycles. The van der Waals surface area contributed by atoms with Gasteiger partial charge in [-0.1, -0.05) is 12.1 Å². The predicted octanol–water partition coefficient (Wildman–Crippen LogP) is 2.20. The molecule has 0 saturated carbocycles. The Kier molecular flexibility index (Phi) is 6.49. The van der Waals surface area contributed by atoms with E-state index >= 15 is 0 Å². The third kappa shape index (κ3) is 5.84. The first-order chi connectivity index (χ1) is 11.9. The molecule has 0 fully saturated rings. The predicted molar refractivity (Wildman–Crippen MR) is 93.3 cm³/mol. The Bertz CT molecular complexity index is 807. The first kappa shape index (κ1) is 18.9. The lowest BCUT2D eigenvalue weighted by Gasteiger charge is -2.09. The molecule has 0 bridgehead atoms. The average Bonchev–Trinajstić information content (AvgIpc) is 2.60. The lowest BCUT2D eigenvalue weighted by molar-refractivity contribution is 0.241. The van der Waals surface area contributed by atoms with Gasteiger partial charge in [0.25, 0.3) is 0 Å². The van der Waals surface area contributed by atoms with Crippen molar-refractivity contribution in [3.8, 4) is 11.5 Å². The molecule has 0 radical (unpaired) electrons. The minimum absolute atomic E-state index is 0.0108. The van der Waals surface area contributed by atoms with Crippen LogP contribution in [-0.2, 0) is 16.7 Å². The summed E-state index contributed by atoms with van der Waals surface area (Å²) in [7, 11) is -3.98. The maximum atomic E-state index is 12.2. The van der Waals surface area contributed by atoms with Crippen molar-refractivity contribution in [2.75, 3.05) is 12.4 Å². The number of benzene rings is 2. The van der Waals surface area contributed by atoms with Crippen molar-refractivity contribution in [3.05, 3.63) is 54.1 Å². The Morgan fingerprint density at radius 1 is 1.04 bits per heavy atom. The zero-order chi connectivity index (χ0) is 18.3. The first-order valence-corrected chi connectivity index (χ1v) is 9.25. The van der Waals surface area contributed by atoms with Gasteiger partial charge in [-0.05, 0) is 42.0 Å². The number of carbonyl (C=O) groups is 1. The molecule has 2 rings (SSSR count). The van der Waals surface area contributed by atoms with Gasteiger partial charge in [-0.3, -0.25) is 0 Å². The molecule has 0 aromatic heterocycles. The minimum atomic E-state index is -3.98. The summed E-state index contributed by atoms with van der Waals surface area (Å²) in [5.74, 6) is 0.428. The van der Waals surface area contributed by atoms with Crippen LogP contribution in [-0.4, -0.2) is 32.0 Å². The highest BCUT2D eigenvalue weighted by Crippen LogP contribution is 2.21. The van der Waals surface area contributed by atoms with Crippen LogP contribution in [0.3, 0.4) is 0 Å². The van der Waals surface area contributed by atoms with Gasteiger partial charge < -0.3 is 19.9 Å². The largest absolute Gasteiger partial charge is 0.508 e. The molecule has 2 amide bonds. The second kappa shape index (κ2) is 8.59. The van der Waals surface area contributed by atoms with Crippen molar-refractivity contribution in [2.24, 2.45) is 0 Å². The van der Waals surface area contributed by atoms with Crippen molar-refractivity contribution in [3.63, 3.8) is 0 Å². The molecule has 7 nitrogen and oxygen atoms in total. The number of urea groups is 1. The molecule has 0 spiro atoms. The maximum absolute atomic E-state index is 12.2. The van der Waals surface area contributed by atoms with Crippen molar-refractivity contribution in [1.29, 1.82) is 0 Å². The smallest absolute Gasteiger partial charge is 0.339 e. The van der Waals surface area contributed by atoms with Gasteiger partial charge >= 0.3 is 16.1 Å². The molecule has 2 aromatic carbocycles. The zero-order valence-electron chi connectivity index (χ0n) is 13.1. The lowest BCUT2D eigenvalue weighted by atomic mass is 10.2. The third-order valence-electron chi connectivity index (χ3n) is 3.09. The molecule has 9 heteroatoms. The van der Waals surface area contributed by atoms with Gasteiger partial charge in [0.1, 0.15) is 16.4 Å². The molecule has 3 N–H and O–H groups in total. The summed E-state index contributed by atoms with van der Waals surface area (Å²) in [5.41, 5.74) is 0.726.